The molecule has 1 N–H and O–H groups in total. The lowest BCUT2D eigenvalue weighted by Crippen LogP contribution is -2.36. The van der Waals surface area contributed by atoms with Crippen molar-refractivity contribution in [2.75, 3.05) is 29.9 Å². The number of carbonyl (C=O) groups is 2. The first-order valence-electron chi connectivity index (χ1n) is 9.82. The molecule has 0 amide bonds. The Morgan fingerprint density at radius 3 is 2.50 bits per heavy atom. The number of ketones is 1. The molecule has 2 heterocycles. The van der Waals surface area contributed by atoms with Crippen LogP contribution in [0.1, 0.15) is 37.0 Å². The van der Waals surface area contributed by atoms with Crippen LogP contribution in [0, 0.1) is 5.92 Å². The number of piperidine rings is 1. The lowest BCUT2D eigenvalue weighted by molar-refractivity contribution is -0.143. The average molecular weight is 381 g/mol. The van der Waals surface area contributed by atoms with Crippen LogP contribution in [-0.4, -0.2) is 42.5 Å². The molecule has 1 atom stereocenters. The molecule has 3 rings (SSSR count). The van der Waals surface area contributed by atoms with Crippen LogP contribution < -0.4 is 10.2 Å². The lowest BCUT2D eigenvalue weighted by Gasteiger charge is -2.32. The molecule has 0 bridgehead atoms. The van der Waals surface area contributed by atoms with E-state index < -0.39 is 6.04 Å². The number of carbonyl (C=O) groups excluding carboxylic acids is 2. The van der Waals surface area contributed by atoms with Crippen LogP contribution in [0.15, 0.2) is 48.7 Å². The summed E-state index contributed by atoms with van der Waals surface area (Å²) in [5, 5.41) is 3.10. The Kier molecular flexibility index (Phi) is 6.63. The third kappa shape index (κ3) is 4.88. The highest BCUT2D eigenvalue weighted by atomic mass is 16.5. The highest BCUT2D eigenvalue weighted by Crippen LogP contribution is 2.25. The van der Waals surface area contributed by atoms with Gasteiger partial charge in [0.1, 0.15) is 11.9 Å². The normalized spacial score (nSPS) is 15.7. The number of hydrogen-bond donors (Lipinski definition) is 1. The predicted octanol–water partition coefficient (Wildman–Crippen LogP) is 3.54. The van der Waals surface area contributed by atoms with Gasteiger partial charge < -0.3 is 15.0 Å². The zero-order valence-corrected chi connectivity index (χ0v) is 16.4. The van der Waals surface area contributed by atoms with E-state index in [1.54, 1.807) is 20.0 Å². The fourth-order valence-electron chi connectivity index (χ4n) is 3.44. The zero-order chi connectivity index (χ0) is 19.9. The van der Waals surface area contributed by atoms with Crippen LogP contribution in [0.3, 0.4) is 0 Å². The van der Waals surface area contributed by atoms with Crippen molar-refractivity contribution < 1.29 is 14.3 Å². The quantitative estimate of drug-likeness (QED) is 0.584. The van der Waals surface area contributed by atoms with E-state index >= 15 is 0 Å². The van der Waals surface area contributed by atoms with E-state index in [2.05, 4.69) is 15.2 Å². The van der Waals surface area contributed by atoms with Gasteiger partial charge in [-0.05, 0) is 38.8 Å². The van der Waals surface area contributed by atoms with Crippen LogP contribution in [0.2, 0.25) is 0 Å². The molecule has 1 fully saturated rings. The topological polar surface area (TPSA) is 71.5 Å². The van der Waals surface area contributed by atoms with Crippen molar-refractivity contribution in [3.8, 4) is 0 Å². The number of anilines is 2. The molecule has 1 aromatic heterocycles. The largest absolute Gasteiger partial charge is 0.464 e. The van der Waals surface area contributed by atoms with Gasteiger partial charge in [-0.15, -0.1) is 0 Å². The predicted molar refractivity (Wildman–Crippen MR) is 110 cm³/mol. The highest BCUT2D eigenvalue weighted by Gasteiger charge is 2.26. The van der Waals surface area contributed by atoms with Crippen LogP contribution >= 0.6 is 0 Å². The zero-order valence-electron chi connectivity index (χ0n) is 16.4. The molecule has 28 heavy (non-hydrogen) atoms. The molecular weight excluding hydrogens is 354 g/mol. The number of aromatic nitrogens is 1. The summed E-state index contributed by atoms with van der Waals surface area (Å²) in [6.45, 7) is 5.53. The molecule has 1 aliphatic rings. The van der Waals surface area contributed by atoms with Gasteiger partial charge in [-0.1, -0.05) is 30.3 Å². The molecule has 0 aliphatic carbocycles. The number of Topliss-reactive ketones (excluding diaryl/α,β-unsaturated/α-hetero) is 1. The van der Waals surface area contributed by atoms with Gasteiger partial charge in [0.25, 0.3) is 0 Å². The van der Waals surface area contributed by atoms with E-state index in [4.69, 9.17) is 4.74 Å². The molecule has 6 heteroatoms. The van der Waals surface area contributed by atoms with Gasteiger partial charge in [0.05, 0.1) is 18.5 Å². The Morgan fingerprint density at radius 1 is 1.18 bits per heavy atom. The van der Waals surface area contributed by atoms with Crippen LogP contribution in [-0.2, 0) is 9.53 Å². The minimum atomic E-state index is -0.424. The number of nitrogens with one attached hydrogen (secondary N) is 1. The smallest absolute Gasteiger partial charge is 0.328 e. The summed E-state index contributed by atoms with van der Waals surface area (Å²) in [5.41, 5.74) is 1.57. The number of esters is 1. The second-order valence-electron chi connectivity index (χ2n) is 7.01. The van der Waals surface area contributed by atoms with E-state index in [-0.39, 0.29) is 17.7 Å². The summed E-state index contributed by atoms with van der Waals surface area (Å²) >= 11 is 0. The molecule has 1 saturated heterocycles. The third-order valence-electron chi connectivity index (χ3n) is 5.02. The first-order chi connectivity index (χ1) is 13.6. The van der Waals surface area contributed by atoms with Gasteiger partial charge in [-0.25, -0.2) is 9.78 Å². The van der Waals surface area contributed by atoms with Crippen molar-refractivity contribution >= 4 is 23.3 Å². The van der Waals surface area contributed by atoms with E-state index in [0.29, 0.717) is 6.61 Å². The molecular formula is C22H27N3O3. The summed E-state index contributed by atoms with van der Waals surface area (Å²) in [5.74, 6) is 0.919. The fraction of sp³-hybridized carbons (Fsp3) is 0.409. The third-order valence-corrected chi connectivity index (χ3v) is 5.02. The van der Waals surface area contributed by atoms with Crippen molar-refractivity contribution in [2.45, 2.75) is 32.7 Å². The Labute approximate surface area is 165 Å². The number of pyridine rings is 1. The number of benzene rings is 1. The van der Waals surface area contributed by atoms with Gasteiger partial charge in [-0.2, -0.15) is 0 Å². The Morgan fingerprint density at radius 2 is 1.89 bits per heavy atom. The number of nitrogens with zero attached hydrogens (tertiary/aromatic N) is 2. The van der Waals surface area contributed by atoms with Crippen molar-refractivity contribution in [1.29, 1.82) is 0 Å². The highest BCUT2D eigenvalue weighted by molar-refractivity contribution is 5.97. The molecule has 148 valence electrons. The Hall–Kier alpha value is -2.89. The number of hydrogen-bond acceptors (Lipinski definition) is 6. The lowest BCUT2D eigenvalue weighted by atomic mass is 9.89. The van der Waals surface area contributed by atoms with Gasteiger partial charge in [0, 0.05) is 24.6 Å². The maximum absolute atomic E-state index is 12.6. The van der Waals surface area contributed by atoms with Crippen LogP contribution in [0.25, 0.3) is 0 Å². The SMILES string of the molecule is CCOC(=O)C(C)Nc1ccc(N2CCC(C(=O)c3ccccc3)CC2)nc1. The van der Waals surface area contributed by atoms with Crippen molar-refractivity contribution in [1.82, 2.24) is 4.98 Å². The van der Waals surface area contributed by atoms with E-state index in [9.17, 15) is 9.59 Å². The maximum atomic E-state index is 12.6. The summed E-state index contributed by atoms with van der Waals surface area (Å²) in [6, 6.07) is 13.0. The minimum absolute atomic E-state index is 0.0741. The van der Waals surface area contributed by atoms with E-state index in [1.807, 2.05) is 42.5 Å². The second-order valence-corrected chi connectivity index (χ2v) is 7.01. The molecule has 2 aromatic rings. The maximum Gasteiger partial charge on any atom is 0.328 e. The molecule has 0 saturated carbocycles. The van der Waals surface area contributed by atoms with Crippen molar-refractivity contribution in [3.63, 3.8) is 0 Å². The standard InChI is InChI=1S/C22H27N3O3/c1-3-28-22(27)16(2)24-19-9-10-20(23-15-19)25-13-11-18(12-14-25)21(26)17-7-5-4-6-8-17/h4-10,15-16,18,24H,3,11-14H2,1-2H3. The number of rotatable bonds is 7. The second kappa shape index (κ2) is 9.35. The van der Waals surface area contributed by atoms with Crippen molar-refractivity contribution in [3.05, 3.63) is 54.2 Å². The summed E-state index contributed by atoms with van der Waals surface area (Å²) in [4.78, 5) is 31.0. The summed E-state index contributed by atoms with van der Waals surface area (Å²) < 4.78 is 5.00. The van der Waals surface area contributed by atoms with E-state index in [0.717, 1.165) is 43.0 Å². The molecule has 1 unspecified atom stereocenters. The first-order valence-corrected chi connectivity index (χ1v) is 9.82. The molecule has 0 spiro atoms. The van der Waals surface area contributed by atoms with Crippen molar-refractivity contribution in [2.24, 2.45) is 5.92 Å². The number of ether oxygens (including phenoxy) is 1. The Balaban J connectivity index is 1.53. The van der Waals surface area contributed by atoms with Gasteiger partial charge >= 0.3 is 5.97 Å². The first kappa shape index (κ1) is 19.9. The van der Waals surface area contributed by atoms with E-state index in [1.165, 1.54) is 0 Å². The monoisotopic (exact) mass is 381 g/mol. The summed E-state index contributed by atoms with van der Waals surface area (Å²) in [7, 11) is 0. The average Bonchev–Trinajstić information content (AvgIpc) is 2.74. The van der Waals surface area contributed by atoms with Gasteiger partial charge in [0.15, 0.2) is 5.78 Å². The van der Waals surface area contributed by atoms with Crippen LogP contribution in [0.5, 0.6) is 0 Å². The fourth-order valence-corrected chi connectivity index (χ4v) is 3.44. The van der Waals surface area contributed by atoms with Gasteiger partial charge in [0.2, 0.25) is 0 Å². The summed E-state index contributed by atoms with van der Waals surface area (Å²) in [6.07, 6.45) is 3.39. The molecule has 1 aromatic carbocycles. The van der Waals surface area contributed by atoms with Crippen LogP contribution in [0.4, 0.5) is 11.5 Å². The Bertz CT molecular complexity index is 784. The molecule has 0 radical (unpaired) electrons. The van der Waals surface area contributed by atoms with Gasteiger partial charge in [-0.3, -0.25) is 4.79 Å². The molecule has 6 nitrogen and oxygen atoms in total. The molecule has 1 aliphatic heterocycles. The minimum Gasteiger partial charge on any atom is -0.464 e.